The first-order valence-electron chi connectivity index (χ1n) is 13.5. The Labute approximate surface area is 229 Å². The molecule has 206 valence electrons. The first kappa shape index (κ1) is 28.0. The van der Waals surface area contributed by atoms with Gasteiger partial charge in [0.05, 0.1) is 24.9 Å². The fraction of sp³-hybridized carbons (Fsp3) is 0.400. The highest BCUT2D eigenvalue weighted by Crippen LogP contribution is 2.33. The number of amides is 1. The number of unbranched alkanes of at least 4 members (excludes halogenated alkanes) is 1. The SMILES string of the molecule is C=CC(=O)Nc1cc2c(NC(C)c3ccccc3)ncnc2cc1OCCCCN1CCCCC1C(=O)OC. The van der Waals surface area contributed by atoms with Gasteiger partial charge in [-0.3, -0.25) is 14.5 Å². The standard InChI is InChI=1S/C30H37N5O4/c1-4-28(36)34-25-18-23-24(31-20-32-29(23)33-21(2)22-12-6-5-7-13-22)19-27(25)39-17-11-10-16-35-15-9-8-14-26(35)30(37)38-3/h4-7,12-13,18-21,26H,1,8-11,14-17H2,2-3H3,(H,34,36)(H,31,32,33). The number of nitrogens with one attached hydrogen (secondary N) is 2. The smallest absolute Gasteiger partial charge is 0.323 e. The second kappa shape index (κ2) is 13.7. The number of rotatable bonds is 12. The maximum atomic E-state index is 12.2. The molecule has 9 heteroatoms. The van der Waals surface area contributed by atoms with E-state index in [-0.39, 0.29) is 24.0 Å². The summed E-state index contributed by atoms with van der Waals surface area (Å²) >= 11 is 0. The Hall–Kier alpha value is -3.98. The summed E-state index contributed by atoms with van der Waals surface area (Å²) in [5, 5.41) is 7.09. The number of anilines is 2. The van der Waals surface area contributed by atoms with Gasteiger partial charge in [-0.1, -0.05) is 43.3 Å². The molecule has 2 atom stereocenters. The molecule has 1 amide bonds. The van der Waals surface area contributed by atoms with Gasteiger partial charge >= 0.3 is 5.97 Å². The average molecular weight is 532 g/mol. The number of hydrogen-bond acceptors (Lipinski definition) is 8. The van der Waals surface area contributed by atoms with E-state index in [9.17, 15) is 9.59 Å². The fourth-order valence-corrected chi connectivity index (χ4v) is 4.89. The van der Waals surface area contributed by atoms with E-state index in [0.29, 0.717) is 29.4 Å². The van der Waals surface area contributed by atoms with E-state index >= 15 is 0 Å². The van der Waals surface area contributed by atoms with E-state index in [2.05, 4.69) is 51.1 Å². The van der Waals surface area contributed by atoms with Crippen LogP contribution in [0.4, 0.5) is 11.5 Å². The zero-order chi connectivity index (χ0) is 27.6. The number of benzene rings is 2. The molecule has 2 unspecified atom stereocenters. The quantitative estimate of drug-likeness (QED) is 0.189. The van der Waals surface area contributed by atoms with Gasteiger partial charge in [0.2, 0.25) is 5.91 Å². The lowest BCUT2D eigenvalue weighted by atomic mass is 10.0. The van der Waals surface area contributed by atoms with Gasteiger partial charge in [0, 0.05) is 17.5 Å². The van der Waals surface area contributed by atoms with E-state index in [1.54, 1.807) is 0 Å². The van der Waals surface area contributed by atoms with Crippen LogP contribution in [0.1, 0.15) is 50.6 Å². The molecule has 1 aliphatic rings. The Morgan fingerprint density at radius 3 is 2.77 bits per heavy atom. The van der Waals surface area contributed by atoms with Crippen molar-refractivity contribution in [3.05, 3.63) is 67.0 Å². The Balaban J connectivity index is 1.45. The number of fused-ring (bicyclic) bond motifs is 1. The molecule has 0 bridgehead atoms. The van der Waals surface area contributed by atoms with Gasteiger partial charge in [-0.05, 0) is 63.4 Å². The molecule has 2 heterocycles. The van der Waals surface area contributed by atoms with Crippen LogP contribution in [0.2, 0.25) is 0 Å². The summed E-state index contributed by atoms with van der Waals surface area (Å²) in [7, 11) is 1.45. The number of piperidine rings is 1. The minimum absolute atomic E-state index is 0.0186. The fourth-order valence-electron chi connectivity index (χ4n) is 4.89. The predicted molar refractivity (Wildman–Crippen MR) is 153 cm³/mol. The van der Waals surface area contributed by atoms with Gasteiger partial charge in [-0.2, -0.15) is 0 Å². The summed E-state index contributed by atoms with van der Waals surface area (Å²) in [6, 6.07) is 13.6. The lowest BCUT2D eigenvalue weighted by molar-refractivity contribution is -0.148. The number of likely N-dealkylation sites (tertiary alicyclic amines) is 1. The monoisotopic (exact) mass is 531 g/mol. The molecule has 39 heavy (non-hydrogen) atoms. The summed E-state index contributed by atoms with van der Waals surface area (Å²) < 4.78 is 11.1. The van der Waals surface area contributed by atoms with Crippen LogP contribution >= 0.6 is 0 Å². The van der Waals surface area contributed by atoms with Crippen molar-refractivity contribution >= 4 is 34.3 Å². The van der Waals surface area contributed by atoms with Crippen molar-refractivity contribution in [3.63, 3.8) is 0 Å². The van der Waals surface area contributed by atoms with Crippen LogP contribution in [-0.2, 0) is 14.3 Å². The van der Waals surface area contributed by atoms with Gasteiger partial charge in [-0.25, -0.2) is 9.97 Å². The third-order valence-corrected chi connectivity index (χ3v) is 7.02. The average Bonchev–Trinajstić information content (AvgIpc) is 2.97. The summed E-state index contributed by atoms with van der Waals surface area (Å²) in [6.07, 6.45) is 7.40. The molecular weight excluding hydrogens is 494 g/mol. The zero-order valence-electron chi connectivity index (χ0n) is 22.7. The molecule has 1 saturated heterocycles. The van der Waals surface area contributed by atoms with Gasteiger partial charge in [0.15, 0.2) is 0 Å². The molecule has 3 aromatic rings. The number of carbonyl (C=O) groups excluding carboxylic acids is 2. The summed E-state index contributed by atoms with van der Waals surface area (Å²) in [5.74, 6) is 0.712. The zero-order valence-corrected chi connectivity index (χ0v) is 22.7. The molecule has 0 spiro atoms. The number of hydrogen-bond donors (Lipinski definition) is 2. The van der Waals surface area contributed by atoms with Crippen molar-refractivity contribution in [2.24, 2.45) is 0 Å². The van der Waals surface area contributed by atoms with Gasteiger partial charge in [0.1, 0.15) is 23.9 Å². The number of esters is 1. The lowest BCUT2D eigenvalue weighted by Crippen LogP contribution is -2.45. The summed E-state index contributed by atoms with van der Waals surface area (Å²) in [5.41, 5.74) is 2.36. The van der Waals surface area contributed by atoms with Crippen LogP contribution in [0, 0.1) is 0 Å². The van der Waals surface area contributed by atoms with E-state index < -0.39 is 0 Å². The highest BCUT2D eigenvalue weighted by Gasteiger charge is 2.28. The van der Waals surface area contributed by atoms with E-state index in [4.69, 9.17) is 9.47 Å². The summed E-state index contributed by atoms with van der Waals surface area (Å²) in [6.45, 7) is 7.81. The Kier molecular flexibility index (Phi) is 9.85. The topological polar surface area (TPSA) is 106 Å². The molecule has 1 fully saturated rings. The van der Waals surface area contributed by atoms with Gasteiger partial charge in [-0.15, -0.1) is 0 Å². The van der Waals surface area contributed by atoms with Gasteiger partial charge in [0.25, 0.3) is 0 Å². The van der Waals surface area contributed by atoms with Crippen LogP contribution in [0.15, 0.2) is 61.4 Å². The normalized spacial score (nSPS) is 16.3. The van der Waals surface area contributed by atoms with Crippen molar-refractivity contribution in [1.82, 2.24) is 14.9 Å². The Morgan fingerprint density at radius 1 is 1.18 bits per heavy atom. The van der Waals surface area contributed by atoms with E-state index in [0.717, 1.165) is 56.1 Å². The third-order valence-electron chi connectivity index (χ3n) is 7.02. The third kappa shape index (κ3) is 7.32. The lowest BCUT2D eigenvalue weighted by Gasteiger charge is -2.33. The van der Waals surface area contributed by atoms with Crippen LogP contribution in [-0.4, -0.2) is 59.6 Å². The second-order valence-electron chi connectivity index (χ2n) is 9.68. The van der Waals surface area contributed by atoms with Gasteiger partial charge < -0.3 is 20.1 Å². The van der Waals surface area contributed by atoms with Crippen molar-refractivity contribution in [1.29, 1.82) is 0 Å². The number of nitrogens with zero attached hydrogens (tertiary/aromatic N) is 3. The second-order valence-corrected chi connectivity index (χ2v) is 9.68. The number of aromatic nitrogens is 2. The highest BCUT2D eigenvalue weighted by molar-refractivity contribution is 6.03. The minimum atomic E-state index is -0.331. The number of methoxy groups -OCH3 is 1. The van der Waals surface area contributed by atoms with Crippen molar-refractivity contribution in [2.75, 3.05) is 37.4 Å². The Bertz CT molecular complexity index is 1280. The number of ether oxygens (including phenoxy) is 2. The van der Waals surface area contributed by atoms with Crippen LogP contribution in [0.3, 0.4) is 0 Å². The maximum Gasteiger partial charge on any atom is 0.323 e. The van der Waals surface area contributed by atoms with Crippen molar-refractivity contribution in [2.45, 2.75) is 51.1 Å². The molecule has 0 saturated carbocycles. The highest BCUT2D eigenvalue weighted by atomic mass is 16.5. The largest absolute Gasteiger partial charge is 0.491 e. The maximum absolute atomic E-state index is 12.2. The summed E-state index contributed by atoms with van der Waals surface area (Å²) in [4.78, 5) is 35.4. The van der Waals surface area contributed by atoms with Crippen molar-refractivity contribution in [3.8, 4) is 5.75 Å². The van der Waals surface area contributed by atoms with Crippen molar-refractivity contribution < 1.29 is 19.1 Å². The molecule has 2 N–H and O–H groups in total. The van der Waals surface area contributed by atoms with E-state index in [1.807, 2.05) is 30.3 Å². The van der Waals surface area contributed by atoms with E-state index in [1.165, 1.54) is 19.5 Å². The first-order valence-corrected chi connectivity index (χ1v) is 13.5. The molecule has 0 aliphatic carbocycles. The molecule has 9 nitrogen and oxygen atoms in total. The minimum Gasteiger partial charge on any atom is -0.491 e. The Morgan fingerprint density at radius 2 is 2.00 bits per heavy atom. The first-order chi connectivity index (χ1) is 19.0. The predicted octanol–water partition coefficient (Wildman–Crippen LogP) is 5.11. The molecule has 1 aliphatic heterocycles. The molecule has 4 rings (SSSR count). The molecule has 1 aromatic heterocycles. The van der Waals surface area contributed by atoms with Crippen LogP contribution in [0.5, 0.6) is 5.75 Å². The molecule has 2 aromatic carbocycles. The number of carbonyl (C=O) groups is 2. The van der Waals surface area contributed by atoms with Crippen LogP contribution < -0.4 is 15.4 Å². The van der Waals surface area contributed by atoms with Crippen LogP contribution in [0.25, 0.3) is 10.9 Å². The molecular formula is C30H37N5O4. The molecule has 0 radical (unpaired) electrons.